The predicted molar refractivity (Wildman–Crippen MR) is 99.1 cm³/mol. The average Bonchev–Trinajstić information content (AvgIpc) is 2.64. The molecule has 0 aromatic heterocycles. The molecule has 2 heterocycles. The number of ether oxygens (including phenoxy) is 1. The van der Waals surface area contributed by atoms with Crippen LogP contribution in [0.15, 0.2) is 24.3 Å². The lowest BCUT2D eigenvalue weighted by molar-refractivity contribution is -0.00192. The molecule has 134 valence electrons. The Kier molecular flexibility index (Phi) is 6.67. The molecule has 4 nitrogen and oxygen atoms in total. The summed E-state index contributed by atoms with van der Waals surface area (Å²) in [7, 11) is 0. The van der Waals surface area contributed by atoms with Gasteiger partial charge < -0.3 is 10.5 Å². The highest BCUT2D eigenvalue weighted by Crippen LogP contribution is 2.25. The standard InChI is InChI=1S/C20H33N3O/c1-17(23-12-14-24-15-13-23)20-7-10-22(11-8-20)16-19-4-2-18(3-5-19)6-9-21/h2-5,17,20H,6-16,21H2,1H3/t17-/m1/s1. The fourth-order valence-corrected chi connectivity index (χ4v) is 4.11. The lowest BCUT2D eigenvalue weighted by Crippen LogP contribution is -2.48. The molecule has 0 unspecified atom stereocenters. The third-order valence-corrected chi connectivity index (χ3v) is 5.80. The fraction of sp³-hybridized carbons (Fsp3) is 0.700. The Hall–Kier alpha value is -0.940. The minimum absolute atomic E-state index is 0.701. The molecule has 0 saturated carbocycles. The number of rotatable bonds is 6. The first kappa shape index (κ1) is 17.9. The van der Waals surface area contributed by atoms with Crippen molar-refractivity contribution in [3.63, 3.8) is 0 Å². The molecule has 1 aromatic carbocycles. The van der Waals surface area contributed by atoms with Gasteiger partial charge >= 0.3 is 0 Å². The van der Waals surface area contributed by atoms with E-state index in [0.717, 1.165) is 51.7 Å². The van der Waals surface area contributed by atoms with Crippen molar-refractivity contribution in [2.75, 3.05) is 45.9 Å². The van der Waals surface area contributed by atoms with E-state index in [1.807, 2.05) is 0 Å². The molecule has 0 spiro atoms. The fourth-order valence-electron chi connectivity index (χ4n) is 4.11. The quantitative estimate of drug-likeness (QED) is 0.867. The van der Waals surface area contributed by atoms with Gasteiger partial charge in [-0.25, -0.2) is 0 Å². The SMILES string of the molecule is C[C@H](C1CCN(Cc2ccc(CCN)cc2)CC1)N1CCOCC1. The minimum atomic E-state index is 0.701. The normalized spacial score (nSPS) is 22.6. The highest BCUT2D eigenvalue weighted by Gasteiger charge is 2.28. The van der Waals surface area contributed by atoms with Crippen molar-refractivity contribution in [3.05, 3.63) is 35.4 Å². The first-order chi connectivity index (χ1) is 11.8. The second-order valence-corrected chi connectivity index (χ2v) is 7.36. The van der Waals surface area contributed by atoms with E-state index in [1.54, 1.807) is 0 Å². The largest absolute Gasteiger partial charge is 0.379 e. The van der Waals surface area contributed by atoms with Crippen molar-refractivity contribution in [3.8, 4) is 0 Å². The average molecular weight is 332 g/mol. The maximum atomic E-state index is 5.62. The zero-order valence-electron chi connectivity index (χ0n) is 15.1. The number of hydrogen-bond donors (Lipinski definition) is 1. The molecule has 0 amide bonds. The maximum absolute atomic E-state index is 5.62. The van der Waals surface area contributed by atoms with Crippen molar-refractivity contribution in [1.82, 2.24) is 9.80 Å². The highest BCUT2D eigenvalue weighted by atomic mass is 16.5. The summed E-state index contributed by atoms with van der Waals surface area (Å²) in [6.07, 6.45) is 3.62. The Balaban J connectivity index is 1.44. The molecule has 24 heavy (non-hydrogen) atoms. The Morgan fingerprint density at radius 2 is 1.67 bits per heavy atom. The van der Waals surface area contributed by atoms with Crippen molar-refractivity contribution in [1.29, 1.82) is 0 Å². The first-order valence-corrected chi connectivity index (χ1v) is 9.58. The zero-order valence-corrected chi connectivity index (χ0v) is 15.1. The van der Waals surface area contributed by atoms with Crippen LogP contribution < -0.4 is 5.73 Å². The van der Waals surface area contributed by atoms with Crippen LogP contribution >= 0.6 is 0 Å². The van der Waals surface area contributed by atoms with Gasteiger partial charge in [-0.1, -0.05) is 24.3 Å². The number of morpholine rings is 1. The summed E-state index contributed by atoms with van der Waals surface area (Å²) in [6.45, 7) is 10.7. The minimum Gasteiger partial charge on any atom is -0.379 e. The Morgan fingerprint density at radius 3 is 2.29 bits per heavy atom. The van der Waals surface area contributed by atoms with Crippen LogP contribution in [0.1, 0.15) is 30.9 Å². The molecule has 0 aliphatic carbocycles. The van der Waals surface area contributed by atoms with Crippen LogP contribution in [-0.4, -0.2) is 61.8 Å². The van der Waals surface area contributed by atoms with E-state index in [4.69, 9.17) is 10.5 Å². The second kappa shape index (κ2) is 8.95. The van der Waals surface area contributed by atoms with Crippen molar-refractivity contribution in [2.24, 2.45) is 11.7 Å². The first-order valence-electron chi connectivity index (χ1n) is 9.58. The Bertz CT molecular complexity index is 476. The number of nitrogens with zero attached hydrogens (tertiary/aromatic N) is 2. The van der Waals surface area contributed by atoms with Gasteiger partial charge in [-0.05, 0) is 62.9 Å². The van der Waals surface area contributed by atoms with Crippen molar-refractivity contribution >= 4 is 0 Å². The van der Waals surface area contributed by atoms with Gasteiger partial charge in [-0.3, -0.25) is 9.80 Å². The number of benzene rings is 1. The van der Waals surface area contributed by atoms with E-state index < -0.39 is 0 Å². The summed E-state index contributed by atoms with van der Waals surface area (Å²) in [6, 6.07) is 9.71. The number of nitrogens with two attached hydrogens (primary N) is 1. The van der Waals surface area contributed by atoms with Crippen LogP contribution in [0.3, 0.4) is 0 Å². The van der Waals surface area contributed by atoms with E-state index in [9.17, 15) is 0 Å². The molecule has 2 saturated heterocycles. The molecule has 2 aliphatic heterocycles. The van der Waals surface area contributed by atoms with Gasteiger partial charge in [-0.15, -0.1) is 0 Å². The Labute approximate surface area is 147 Å². The van der Waals surface area contributed by atoms with Crippen LogP contribution in [-0.2, 0) is 17.7 Å². The maximum Gasteiger partial charge on any atom is 0.0594 e. The number of piperidine rings is 1. The molecule has 3 rings (SSSR count). The van der Waals surface area contributed by atoms with Gasteiger partial charge in [0.15, 0.2) is 0 Å². The molecule has 0 bridgehead atoms. The van der Waals surface area contributed by atoms with Gasteiger partial charge in [0.1, 0.15) is 0 Å². The summed E-state index contributed by atoms with van der Waals surface area (Å²) in [4.78, 5) is 5.24. The summed E-state index contributed by atoms with van der Waals surface area (Å²) in [5, 5.41) is 0. The van der Waals surface area contributed by atoms with Crippen molar-refractivity contribution in [2.45, 2.75) is 38.8 Å². The number of likely N-dealkylation sites (tertiary alicyclic amines) is 1. The van der Waals surface area contributed by atoms with Gasteiger partial charge in [-0.2, -0.15) is 0 Å². The molecule has 0 radical (unpaired) electrons. The van der Waals surface area contributed by atoms with E-state index in [1.165, 1.54) is 37.1 Å². The second-order valence-electron chi connectivity index (χ2n) is 7.36. The van der Waals surface area contributed by atoms with Gasteiger partial charge in [0.25, 0.3) is 0 Å². The van der Waals surface area contributed by atoms with Gasteiger partial charge in [0, 0.05) is 25.7 Å². The highest BCUT2D eigenvalue weighted by molar-refractivity contribution is 5.22. The van der Waals surface area contributed by atoms with Gasteiger partial charge in [0.05, 0.1) is 13.2 Å². The third kappa shape index (κ3) is 4.79. The summed E-state index contributed by atoms with van der Waals surface area (Å²) < 4.78 is 5.49. The molecule has 1 aromatic rings. The molecule has 2 fully saturated rings. The smallest absolute Gasteiger partial charge is 0.0594 e. The molecular formula is C20H33N3O. The van der Waals surface area contributed by atoms with Gasteiger partial charge in [0.2, 0.25) is 0 Å². The lowest BCUT2D eigenvalue weighted by atomic mass is 9.89. The van der Waals surface area contributed by atoms with E-state index in [0.29, 0.717) is 6.04 Å². The van der Waals surface area contributed by atoms with Crippen LogP contribution in [0.5, 0.6) is 0 Å². The van der Waals surface area contributed by atoms with E-state index >= 15 is 0 Å². The van der Waals surface area contributed by atoms with Crippen LogP contribution in [0.25, 0.3) is 0 Å². The number of hydrogen-bond acceptors (Lipinski definition) is 4. The van der Waals surface area contributed by atoms with E-state index in [2.05, 4.69) is 41.0 Å². The Morgan fingerprint density at radius 1 is 1.04 bits per heavy atom. The van der Waals surface area contributed by atoms with Crippen molar-refractivity contribution < 1.29 is 4.74 Å². The lowest BCUT2D eigenvalue weighted by Gasteiger charge is -2.41. The molecule has 4 heteroatoms. The topological polar surface area (TPSA) is 41.7 Å². The summed E-state index contributed by atoms with van der Waals surface area (Å²) in [5.74, 6) is 0.839. The van der Waals surface area contributed by atoms with Crippen LogP contribution in [0.2, 0.25) is 0 Å². The van der Waals surface area contributed by atoms with E-state index in [-0.39, 0.29) is 0 Å². The van der Waals surface area contributed by atoms with Crippen LogP contribution in [0, 0.1) is 5.92 Å². The third-order valence-electron chi connectivity index (χ3n) is 5.80. The molecule has 2 N–H and O–H groups in total. The summed E-state index contributed by atoms with van der Waals surface area (Å²) >= 11 is 0. The monoisotopic (exact) mass is 331 g/mol. The molecular weight excluding hydrogens is 298 g/mol. The zero-order chi connectivity index (χ0) is 16.8. The summed E-state index contributed by atoms with van der Waals surface area (Å²) in [5.41, 5.74) is 8.39. The predicted octanol–water partition coefficient (Wildman–Crippen LogP) is 2.12. The van der Waals surface area contributed by atoms with Crippen LogP contribution in [0.4, 0.5) is 0 Å². The molecule has 1 atom stereocenters. The molecule has 2 aliphatic rings.